The monoisotopic (exact) mass is 70.1 g/mol. The molecule has 0 amide bonds. The first-order chi connectivity index (χ1) is 2.41. The molecule has 0 radical (unpaired) electrons. The van der Waals surface area contributed by atoms with Crippen LogP contribution in [-0.4, -0.2) is 7.07 Å². The Morgan fingerprint density at radius 2 is 2.60 bits per heavy atom. The molecule has 0 bridgehead atoms. The summed E-state index contributed by atoms with van der Waals surface area (Å²) in [6.45, 7) is 1.98. The van der Waals surface area contributed by atoms with Gasteiger partial charge in [-0.25, -0.2) is 0 Å². The molecule has 0 fully saturated rings. The van der Waals surface area contributed by atoms with Crippen LogP contribution < -0.4 is 5.84 Å². The molecule has 0 aliphatic rings. The van der Waals surface area contributed by atoms with Gasteiger partial charge in [-0.05, 0) is 0 Å². The molecule has 0 saturated carbocycles. The molecule has 0 aromatic carbocycles. The Morgan fingerprint density at radius 3 is 2.60 bits per heavy atom. The third-order valence-corrected chi connectivity index (χ3v) is 0.288. The topological polar surface area (TPSA) is 38.4 Å². The van der Waals surface area contributed by atoms with Crippen molar-refractivity contribution in [1.29, 1.82) is 0 Å². The number of nitrogens with two attached hydrogens (primary N) is 1. The molecule has 3 heteroatoms. The van der Waals surface area contributed by atoms with Gasteiger partial charge in [0.1, 0.15) is 0 Å². The standard InChI is InChI=1S/C2H7BN2/c1-2-3-5-4/h2,4H2,1H3. The van der Waals surface area contributed by atoms with Crippen LogP contribution in [-0.2, 0) is 0 Å². The van der Waals surface area contributed by atoms with E-state index in [4.69, 9.17) is 5.84 Å². The molecular formula is C2H7BN2. The third kappa shape index (κ3) is 3.66. The van der Waals surface area contributed by atoms with Crippen molar-refractivity contribution in [3.63, 3.8) is 0 Å². The van der Waals surface area contributed by atoms with Crippen LogP contribution in [0.15, 0.2) is 5.00 Å². The molecule has 0 aromatic heterocycles. The summed E-state index contributed by atoms with van der Waals surface area (Å²) in [6.07, 6.45) is 0.927. The predicted molar refractivity (Wildman–Crippen MR) is 22.9 cm³/mol. The molecule has 0 aliphatic heterocycles. The van der Waals surface area contributed by atoms with Gasteiger partial charge in [-0.1, -0.05) is 0 Å². The van der Waals surface area contributed by atoms with Crippen molar-refractivity contribution in [1.82, 2.24) is 0 Å². The Hall–Kier alpha value is -0.335. The first-order valence-electron chi connectivity index (χ1n) is 1.63. The van der Waals surface area contributed by atoms with Gasteiger partial charge in [0.15, 0.2) is 0 Å². The summed E-state index contributed by atoms with van der Waals surface area (Å²) in [4.78, 5) is 0. The summed E-state index contributed by atoms with van der Waals surface area (Å²) in [5, 5.41) is 3.23. The van der Waals surface area contributed by atoms with Crippen molar-refractivity contribution in [3.8, 4) is 0 Å². The number of hydrogen-bond donors (Lipinski definition) is 1. The van der Waals surface area contributed by atoms with E-state index in [2.05, 4.69) is 5.00 Å². The van der Waals surface area contributed by atoms with E-state index in [9.17, 15) is 0 Å². The molecule has 0 unspecified atom stereocenters. The van der Waals surface area contributed by atoms with E-state index in [1.54, 1.807) is 7.07 Å². The fraction of sp³-hybridized carbons (Fsp3) is 1.00. The van der Waals surface area contributed by atoms with Gasteiger partial charge in [-0.15, -0.1) is 0 Å². The van der Waals surface area contributed by atoms with Gasteiger partial charge in [0, 0.05) is 0 Å². The zero-order valence-electron chi connectivity index (χ0n) is 3.31. The van der Waals surface area contributed by atoms with E-state index in [1.807, 2.05) is 6.92 Å². The van der Waals surface area contributed by atoms with Crippen molar-refractivity contribution < 1.29 is 0 Å². The van der Waals surface area contributed by atoms with Gasteiger partial charge in [0.2, 0.25) is 0 Å². The van der Waals surface area contributed by atoms with Crippen molar-refractivity contribution in [2.75, 3.05) is 0 Å². The van der Waals surface area contributed by atoms with Gasteiger partial charge in [0.25, 0.3) is 0 Å². The number of hydrogen-bond acceptors (Lipinski definition) is 2. The van der Waals surface area contributed by atoms with Gasteiger partial charge < -0.3 is 0 Å². The van der Waals surface area contributed by atoms with Crippen molar-refractivity contribution >= 4 is 7.07 Å². The first kappa shape index (κ1) is 4.66. The summed E-state index contributed by atoms with van der Waals surface area (Å²) >= 11 is 0. The number of rotatable bonds is 1. The molecule has 2 N–H and O–H groups in total. The van der Waals surface area contributed by atoms with Gasteiger partial charge >= 0.3 is 31.2 Å². The molecule has 0 rings (SSSR count). The average molecular weight is 69.9 g/mol. The maximum absolute atomic E-state index is 4.71. The Bertz CT molecular complexity index is 34.6. The molecule has 0 heterocycles. The molecular weight excluding hydrogens is 62.8 g/mol. The summed E-state index contributed by atoms with van der Waals surface area (Å²) in [6, 6.07) is 0. The van der Waals surface area contributed by atoms with Gasteiger partial charge in [-0.2, -0.15) is 0 Å². The summed E-state index contributed by atoms with van der Waals surface area (Å²) in [5.41, 5.74) is 0. The van der Waals surface area contributed by atoms with Crippen LogP contribution >= 0.6 is 0 Å². The molecule has 5 heavy (non-hydrogen) atoms. The second-order valence-electron chi connectivity index (χ2n) is 0.740. The van der Waals surface area contributed by atoms with Crippen molar-refractivity contribution in [2.45, 2.75) is 13.2 Å². The minimum atomic E-state index is 0.927. The predicted octanol–water partition coefficient (Wildman–Crippen LogP) is 0.186. The third-order valence-electron chi connectivity index (χ3n) is 0.288. The Kier molecular flexibility index (Phi) is 3.42. The van der Waals surface area contributed by atoms with Crippen LogP contribution in [0.25, 0.3) is 0 Å². The van der Waals surface area contributed by atoms with E-state index >= 15 is 0 Å². The zero-order valence-corrected chi connectivity index (χ0v) is 3.31. The number of nitrogens with zero attached hydrogens (tertiary/aromatic N) is 1. The van der Waals surface area contributed by atoms with Gasteiger partial charge in [0.05, 0.1) is 0 Å². The summed E-state index contributed by atoms with van der Waals surface area (Å²) in [7, 11) is 1.65. The van der Waals surface area contributed by atoms with E-state index in [0.29, 0.717) is 0 Å². The Morgan fingerprint density at radius 1 is 2.00 bits per heavy atom. The fourth-order valence-corrected chi connectivity index (χ4v) is 0.105. The SMILES string of the molecule is CCB=NN. The van der Waals surface area contributed by atoms with Crippen LogP contribution in [0.3, 0.4) is 0 Å². The fourth-order valence-electron chi connectivity index (χ4n) is 0.105. The maximum atomic E-state index is 4.71. The van der Waals surface area contributed by atoms with Gasteiger partial charge in [-0.3, -0.25) is 0 Å². The van der Waals surface area contributed by atoms with E-state index in [-0.39, 0.29) is 0 Å². The minimum absolute atomic E-state index is 0.927. The van der Waals surface area contributed by atoms with Crippen molar-refractivity contribution in [2.24, 2.45) is 10.8 Å². The quantitative estimate of drug-likeness (QED) is 0.267. The molecule has 0 atom stereocenters. The summed E-state index contributed by atoms with van der Waals surface area (Å²) < 4.78 is 0. The van der Waals surface area contributed by atoms with Crippen molar-refractivity contribution in [3.05, 3.63) is 0 Å². The molecule has 0 saturated heterocycles. The molecule has 0 spiro atoms. The zero-order chi connectivity index (χ0) is 4.12. The normalized spacial score (nSPS) is 8.20. The molecule has 0 aliphatic carbocycles. The van der Waals surface area contributed by atoms with Crippen LogP contribution in [0, 0.1) is 0 Å². The first-order valence-corrected chi connectivity index (χ1v) is 1.63. The second-order valence-corrected chi connectivity index (χ2v) is 0.740. The van der Waals surface area contributed by atoms with E-state index in [1.165, 1.54) is 0 Å². The van der Waals surface area contributed by atoms with Crippen LogP contribution in [0.2, 0.25) is 6.32 Å². The Labute approximate surface area is 32.3 Å². The van der Waals surface area contributed by atoms with E-state index < -0.39 is 0 Å². The summed E-state index contributed by atoms with van der Waals surface area (Å²) in [5.74, 6) is 4.71. The average Bonchev–Trinajstić information content (AvgIpc) is 1.41. The Balaban J connectivity index is 2.62. The van der Waals surface area contributed by atoms with Crippen LogP contribution in [0.4, 0.5) is 0 Å². The molecule has 2 nitrogen and oxygen atoms in total. The molecule has 0 aromatic rings. The molecule has 28 valence electrons. The second kappa shape index (κ2) is 3.66. The van der Waals surface area contributed by atoms with Crippen LogP contribution in [0.5, 0.6) is 0 Å². The van der Waals surface area contributed by atoms with E-state index in [0.717, 1.165) is 6.32 Å². The van der Waals surface area contributed by atoms with Crippen LogP contribution in [0.1, 0.15) is 6.92 Å².